The van der Waals surface area contributed by atoms with Crippen LogP contribution in [0.25, 0.3) is 0 Å². The number of methoxy groups -OCH3 is 1. The third-order valence-corrected chi connectivity index (χ3v) is 3.85. The quantitative estimate of drug-likeness (QED) is 0.158. The van der Waals surface area contributed by atoms with E-state index in [-0.39, 0.29) is 28.4 Å². The van der Waals surface area contributed by atoms with Gasteiger partial charge >= 0.3 is 5.97 Å². The van der Waals surface area contributed by atoms with Crippen LogP contribution in [-0.4, -0.2) is 25.6 Å². The summed E-state index contributed by atoms with van der Waals surface area (Å²) in [5.41, 5.74) is 13.9. The van der Waals surface area contributed by atoms with Crippen molar-refractivity contribution in [2.75, 3.05) is 7.11 Å². The molecule has 12 heteroatoms. The van der Waals surface area contributed by atoms with Gasteiger partial charge in [-0.05, 0) is 35.9 Å². The maximum atomic E-state index is 13.4. The Bertz CT molecular complexity index is 908. The number of nitrogens with zero attached hydrogens (tertiary/aromatic N) is 1. The lowest BCUT2D eigenvalue weighted by Gasteiger charge is -2.11. The Morgan fingerprint density at radius 1 is 1.18 bits per heavy atom. The third kappa shape index (κ3) is 4.71. The van der Waals surface area contributed by atoms with E-state index in [1.54, 1.807) is 12.1 Å². The summed E-state index contributed by atoms with van der Waals surface area (Å²) in [6.07, 6.45) is 1.20. The topological polar surface area (TPSA) is 108 Å². The number of halogens is 3. The summed E-state index contributed by atoms with van der Waals surface area (Å²) in [7, 11) is 1.39. The molecule has 0 aromatic heterocycles. The fourth-order valence-electron chi connectivity index (χ4n) is 2.19. The van der Waals surface area contributed by atoms with Crippen molar-refractivity contribution in [3.05, 3.63) is 58.1 Å². The van der Waals surface area contributed by atoms with Gasteiger partial charge in [0.15, 0.2) is 29.4 Å². The molecule has 5 N–H and O–H groups in total. The van der Waals surface area contributed by atoms with E-state index in [4.69, 9.17) is 21.1 Å². The highest BCUT2D eigenvalue weighted by atomic mass is 35.5. The van der Waals surface area contributed by atoms with Crippen LogP contribution >= 0.6 is 11.6 Å². The van der Waals surface area contributed by atoms with Gasteiger partial charge < -0.3 is 9.47 Å². The molecule has 1 aliphatic heterocycles. The minimum atomic E-state index is -1.21. The number of hydrazine groups is 3. The molecule has 1 fully saturated rings. The molecule has 1 heterocycles. The van der Waals surface area contributed by atoms with E-state index >= 15 is 0 Å². The number of ether oxygens (including phenoxy) is 2. The first kappa shape index (κ1) is 19.9. The monoisotopic (exact) mass is 412 g/mol. The predicted molar refractivity (Wildman–Crippen MR) is 96.4 cm³/mol. The number of carbonyl (C=O) groups is 1. The number of nitrogens with one attached hydrogen (secondary N) is 5. The van der Waals surface area contributed by atoms with Gasteiger partial charge in [0.25, 0.3) is 0 Å². The fraction of sp³-hybridized carbons (Fsp3) is 0.125. The zero-order valence-corrected chi connectivity index (χ0v) is 15.1. The van der Waals surface area contributed by atoms with E-state index < -0.39 is 17.6 Å². The van der Waals surface area contributed by atoms with Crippen LogP contribution in [0.2, 0.25) is 5.02 Å². The van der Waals surface area contributed by atoms with Crippen molar-refractivity contribution in [3.63, 3.8) is 0 Å². The minimum Gasteiger partial charge on any atom is -0.493 e. The standard InChI is InChI=1S/C16H15ClF2N6O3/c1-27-14-4-8(7-20-21-16-22-24-25-23-16)2-3-13(14)28-15(26)9-5-11(18)12(19)6-10(9)17/h2-7,16,21-25H,1H3/b20-7+. The van der Waals surface area contributed by atoms with E-state index in [2.05, 4.69) is 32.4 Å². The van der Waals surface area contributed by atoms with E-state index in [1.807, 2.05) is 0 Å². The highest BCUT2D eigenvalue weighted by Gasteiger charge is 2.19. The average molecular weight is 413 g/mol. The summed E-state index contributed by atoms with van der Waals surface area (Å²) < 4.78 is 36.9. The van der Waals surface area contributed by atoms with E-state index in [1.165, 1.54) is 19.4 Å². The Labute approximate surface area is 162 Å². The molecule has 0 bridgehead atoms. The third-order valence-electron chi connectivity index (χ3n) is 3.53. The summed E-state index contributed by atoms with van der Waals surface area (Å²) in [6, 6.07) is 6.05. The van der Waals surface area contributed by atoms with Crippen molar-refractivity contribution in [1.82, 2.24) is 27.3 Å². The molecule has 0 atom stereocenters. The molecule has 0 unspecified atom stereocenters. The first-order chi connectivity index (χ1) is 13.5. The lowest BCUT2D eigenvalue weighted by Crippen LogP contribution is -2.44. The molecular weight excluding hydrogens is 398 g/mol. The number of hydrogen-bond donors (Lipinski definition) is 5. The van der Waals surface area contributed by atoms with E-state index in [0.29, 0.717) is 17.7 Å². The SMILES string of the molecule is COc1cc(/C=N/NC2NNNN2)ccc1OC(=O)c1cc(F)c(F)cc1Cl. The predicted octanol–water partition coefficient (Wildman–Crippen LogP) is 1.17. The van der Waals surface area contributed by atoms with Crippen LogP contribution < -0.4 is 36.8 Å². The van der Waals surface area contributed by atoms with Crippen molar-refractivity contribution >= 4 is 23.8 Å². The van der Waals surface area contributed by atoms with Crippen LogP contribution in [0.1, 0.15) is 15.9 Å². The lowest BCUT2D eigenvalue weighted by atomic mass is 10.2. The number of rotatable bonds is 6. The smallest absolute Gasteiger partial charge is 0.345 e. The summed E-state index contributed by atoms with van der Waals surface area (Å²) >= 11 is 5.79. The second kappa shape index (κ2) is 8.91. The van der Waals surface area contributed by atoms with Crippen molar-refractivity contribution in [2.45, 2.75) is 6.29 Å². The molecule has 0 spiro atoms. The number of hydrogen-bond acceptors (Lipinski definition) is 9. The second-order valence-electron chi connectivity index (χ2n) is 5.40. The van der Waals surface area contributed by atoms with Crippen molar-refractivity contribution in [1.29, 1.82) is 0 Å². The van der Waals surface area contributed by atoms with Gasteiger partial charge in [0.05, 0.1) is 23.9 Å². The Balaban J connectivity index is 1.72. The van der Waals surface area contributed by atoms with Crippen LogP contribution in [0.5, 0.6) is 11.5 Å². The molecule has 0 amide bonds. The minimum absolute atomic E-state index is 0.0749. The van der Waals surface area contributed by atoms with Gasteiger partial charge in [-0.1, -0.05) is 11.6 Å². The number of benzene rings is 2. The Morgan fingerprint density at radius 3 is 2.61 bits per heavy atom. The van der Waals surface area contributed by atoms with Crippen LogP contribution in [0.3, 0.4) is 0 Å². The van der Waals surface area contributed by atoms with Crippen molar-refractivity contribution in [2.24, 2.45) is 5.10 Å². The Kier molecular flexibility index (Phi) is 6.34. The summed E-state index contributed by atoms with van der Waals surface area (Å²) in [5.74, 6) is -3.02. The zero-order valence-electron chi connectivity index (χ0n) is 14.3. The van der Waals surface area contributed by atoms with E-state index in [0.717, 1.165) is 0 Å². The number of hydrazone groups is 1. The largest absolute Gasteiger partial charge is 0.493 e. The normalized spacial score (nSPS) is 14.4. The van der Waals surface area contributed by atoms with Crippen LogP contribution in [0.4, 0.5) is 8.78 Å². The van der Waals surface area contributed by atoms with Gasteiger partial charge in [-0.15, -0.1) is 0 Å². The maximum Gasteiger partial charge on any atom is 0.345 e. The van der Waals surface area contributed by atoms with Gasteiger partial charge in [0.1, 0.15) is 0 Å². The molecule has 3 rings (SSSR count). The highest BCUT2D eigenvalue weighted by molar-refractivity contribution is 6.33. The average Bonchev–Trinajstić information content (AvgIpc) is 3.19. The van der Waals surface area contributed by atoms with Crippen molar-refractivity contribution in [3.8, 4) is 11.5 Å². The molecule has 2 aromatic carbocycles. The van der Waals surface area contributed by atoms with Crippen LogP contribution in [0, 0.1) is 11.6 Å². The molecule has 1 aliphatic rings. The molecule has 2 aromatic rings. The van der Waals surface area contributed by atoms with Crippen molar-refractivity contribution < 1.29 is 23.0 Å². The lowest BCUT2D eigenvalue weighted by molar-refractivity contribution is 0.0729. The zero-order chi connectivity index (χ0) is 20.1. The van der Waals surface area contributed by atoms with Gasteiger partial charge in [-0.2, -0.15) is 16.2 Å². The van der Waals surface area contributed by atoms with Gasteiger partial charge in [-0.25, -0.2) is 24.4 Å². The molecule has 0 aliphatic carbocycles. The second-order valence-corrected chi connectivity index (χ2v) is 5.81. The molecule has 9 nitrogen and oxygen atoms in total. The fourth-order valence-corrected chi connectivity index (χ4v) is 2.41. The Morgan fingerprint density at radius 2 is 1.89 bits per heavy atom. The molecule has 28 heavy (non-hydrogen) atoms. The summed E-state index contributed by atoms with van der Waals surface area (Å²) in [6.45, 7) is 0. The van der Waals surface area contributed by atoms with Crippen LogP contribution in [-0.2, 0) is 0 Å². The van der Waals surface area contributed by atoms with Gasteiger partial charge in [0.2, 0.25) is 0 Å². The summed E-state index contributed by atoms with van der Waals surface area (Å²) in [5, 5.41) is 3.76. The number of carbonyl (C=O) groups excluding carboxylic acids is 1. The molecule has 0 saturated carbocycles. The van der Waals surface area contributed by atoms with Gasteiger partial charge in [0, 0.05) is 0 Å². The number of esters is 1. The van der Waals surface area contributed by atoms with E-state index in [9.17, 15) is 13.6 Å². The molecule has 148 valence electrons. The Hall–Kier alpha value is -2.83. The van der Waals surface area contributed by atoms with Gasteiger partial charge in [-0.3, -0.25) is 5.43 Å². The molecular formula is C16H15ClF2N6O3. The molecule has 0 radical (unpaired) electrons. The first-order valence-corrected chi connectivity index (χ1v) is 8.20. The molecule has 1 saturated heterocycles. The first-order valence-electron chi connectivity index (χ1n) is 7.82. The highest BCUT2D eigenvalue weighted by Crippen LogP contribution is 2.29. The van der Waals surface area contributed by atoms with Crippen LogP contribution in [0.15, 0.2) is 35.4 Å². The maximum absolute atomic E-state index is 13.4. The summed E-state index contributed by atoms with van der Waals surface area (Å²) in [4.78, 5) is 12.3.